The van der Waals surface area contributed by atoms with Crippen LogP contribution in [0.2, 0.25) is 0 Å². The summed E-state index contributed by atoms with van der Waals surface area (Å²) in [4.78, 5) is 23.0. The van der Waals surface area contributed by atoms with Gasteiger partial charge < -0.3 is 15.8 Å². The van der Waals surface area contributed by atoms with Crippen molar-refractivity contribution in [2.75, 3.05) is 11.9 Å². The third-order valence-electron chi connectivity index (χ3n) is 3.17. The zero-order valence-electron chi connectivity index (χ0n) is 14.7. The van der Waals surface area contributed by atoms with Crippen LogP contribution < -0.4 is 21.1 Å². The monoisotopic (exact) mass is 395 g/mol. The van der Waals surface area contributed by atoms with Gasteiger partial charge in [-0.3, -0.25) is 10.1 Å². The molecule has 2 rings (SSSR count). The van der Waals surface area contributed by atoms with E-state index >= 15 is 0 Å². The number of nitrogens with zero attached hydrogens (tertiary/aromatic N) is 2. The summed E-state index contributed by atoms with van der Waals surface area (Å²) in [6.45, 7) is 6.24. The Morgan fingerprint density at radius 2 is 2.04 bits per heavy atom. The van der Waals surface area contributed by atoms with E-state index in [1.807, 2.05) is 45.0 Å². The Labute approximate surface area is 159 Å². The average Bonchev–Trinajstić information content (AvgIpc) is 3.01. The minimum absolute atomic E-state index is 0.0154. The lowest BCUT2D eigenvalue weighted by atomic mass is 10.1. The van der Waals surface area contributed by atoms with Gasteiger partial charge in [-0.05, 0) is 25.0 Å². The van der Waals surface area contributed by atoms with Crippen LogP contribution in [-0.4, -0.2) is 34.0 Å². The fourth-order valence-electron chi connectivity index (χ4n) is 2.07. The van der Waals surface area contributed by atoms with E-state index in [4.69, 9.17) is 10.5 Å². The van der Waals surface area contributed by atoms with Gasteiger partial charge in [0.05, 0.1) is 17.5 Å². The molecule has 0 saturated heterocycles. The molecule has 0 saturated carbocycles. The molecule has 140 valence electrons. The summed E-state index contributed by atoms with van der Waals surface area (Å²) in [5.74, 6) is 0.266. The van der Waals surface area contributed by atoms with Crippen molar-refractivity contribution < 1.29 is 14.3 Å². The number of carbonyl (C=O) groups excluding carboxylic acids is 2. The lowest BCUT2D eigenvalue weighted by Crippen LogP contribution is -2.42. The maximum Gasteiger partial charge on any atom is 0.318 e. The van der Waals surface area contributed by atoms with E-state index in [9.17, 15) is 9.59 Å². The minimum Gasteiger partial charge on any atom is -0.492 e. The highest BCUT2D eigenvalue weighted by atomic mass is 32.2. The molecule has 0 spiro atoms. The van der Waals surface area contributed by atoms with E-state index in [0.29, 0.717) is 16.1 Å². The third-order valence-corrected chi connectivity index (χ3v) is 5.64. The maximum atomic E-state index is 12.1. The van der Waals surface area contributed by atoms with E-state index in [-0.39, 0.29) is 5.92 Å². The molecule has 3 amide bonds. The molecule has 1 aromatic carbocycles. The minimum atomic E-state index is -0.867. The third kappa shape index (κ3) is 5.60. The van der Waals surface area contributed by atoms with Gasteiger partial charge in [-0.15, -0.1) is 10.2 Å². The standard InChI is InChI=1S/C16H21N5O3S2/c1-4-24-11-8-6-5-7-10(11)18-15-20-21-16(26-15)25-12(9(2)3)13(22)19-14(17)23/h5-9,12H,4H2,1-3H3,(H,18,20)(H3,17,19,22,23)/t12-/m0/s1. The van der Waals surface area contributed by atoms with Gasteiger partial charge in [0.25, 0.3) is 0 Å². The molecule has 8 nitrogen and oxygen atoms in total. The topological polar surface area (TPSA) is 119 Å². The Bertz CT molecular complexity index is 766. The summed E-state index contributed by atoms with van der Waals surface area (Å²) in [7, 11) is 0. The first kappa shape index (κ1) is 20.0. The van der Waals surface area contributed by atoms with Crippen molar-refractivity contribution in [2.45, 2.75) is 30.4 Å². The van der Waals surface area contributed by atoms with Crippen molar-refractivity contribution in [3.05, 3.63) is 24.3 Å². The Balaban J connectivity index is 2.09. The zero-order chi connectivity index (χ0) is 19.1. The Morgan fingerprint density at radius 1 is 1.31 bits per heavy atom. The number of carbonyl (C=O) groups is 2. The second-order valence-corrected chi connectivity index (χ2v) is 7.93. The molecule has 2 aromatic rings. The summed E-state index contributed by atoms with van der Waals surface area (Å²) >= 11 is 2.56. The first-order valence-electron chi connectivity index (χ1n) is 8.00. The summed E-state index contributed by atoms with van der Waals surface area (Å²) in [5.41, 5.74) is 5.81. The molecule has 4 N–H and O–H groups in total. The predicted molar refractivity (Wildman–Crippen MR) is 103 cm³/mol. The molecule has 0 aliphatic heterocycles. The fourth-order valence-corrected chi connectivity index (χ4v) is 4.04. The number of hydrogen-bond acceptors (Lipinski definition) is 8. The molecule has 0 aliphatic rings. The number of nitrogens with one attached hydrogen (secondary N) is 2. The summed E-state index contributed by atoms with van der Waals surface area (Å²) in [6, 6.07) is 6.67. The Hall–Kier alpha value is -2.33. The number of amides is 3. The molecular formula is C16H21N5O3S2. The number of ether oxygens (including phenoxy) is 1. The van der Waals surface area contributed by atoms with Crippen LogP contribution in [0.1, 0.15) is 20.8 Å². The van der Waals surface area contributed by atoms with E-state index in [0.717, 1.165) is 11.4 Å². The lowest BCUT2D eigenvalue weighted by molar-refractivity contribution is -0.120. The van der Waals surface area contributed by atoms with Gasteiger partial charge in [-0.2, -0.15) is 0 Å². The summed E-state index contributed by atoms with van der Waals surface area (Å²) in [5, 5.41) is 13.6. The smallest absolute Gasteiger partial charge is 0.318 e. The SMILES string of the molecule is CCOc1ccccc1Nc1nnc(S[C@H](C(=O)NC(N)=O)C(C)C)s1. The molecule has 1 atom stereocenters. The first-order chi connectivity index (χ1) is 12.4. The molecule has 0 fully saturated rings. The van der Waals surface area contributed by atoms with E-state index in [1.165, 1.54) is 23.1 Å². The number of primary amides is 1. The highest BCUT2D eigenvalue weighted by Crippen LogP contribution is 2.35. The van der Waals surface area contributed by atoms with E-state index in [1.54, 1.807) is 0 Å². The average molecular weight is 396 g/mol. The van der Waals surface area contributed by atoms with Gasteiger partial charge in [0.2, 0.25) is 11.0 Å². The number of thioether (sulfide) groups is 1. The largest absolute Gasteiger partial charge is 0.492 e. The molecule has 0 aliphatic carbocycles. The highest BCUT2D eigenvalue weighted by Gasteiger charge is 2.26. The number of nitrogens with two attached hydrogens (primary N) is 1. The van der Waals surface area contributed by atoms with Crippen molar-refractivity contribution in [1.29, 1.82) is 0 Å². The zero-order valence-corrected chi connectivity index (χ0v) is 16.3. The Kier molecular flexibility index (Phi) is 7.22. The van der Waals surface area contributed by atoms with Crippen LogP contribution in [0.3, 0.4) is 0 Å². The highest BCUT2D eigenvalue weighted by molar-refractivity contribution is 8.02. The second kappa shape index (κ2) is 9.39. The number of anilines is 2. The summed E-state index contributed by atoms with van der Waals surface area (Å²) < 4.78 is 6.18. The molecule has 0 bridgehead atoms. The number of rotatable bonds is 8. The molecule has 1 aromatic heterocycles. The number of benzene rings is 1. The molecule has 0 unspecified atom stereocenters. The van der Waals surface area contributed by atoms with Crippen LogP contribution in [-0.2, 0) is 4.79 Å². The van der Waals surface area contributed by atoms with Gasteiger partial charge in [0, 0.05) is 0 Å². The van der Waals surface area contributed by atoms with Crippen molar-refractivity contribution in [2.24, 2.45) is 11.7 Å². The van der Waals surface area contributed by atoms with Crippen LogP contribution in [0.5, 0.6) is 5.75 Å². The maximum absolute atomic E-state index is 12.1. The van der Waals surface area contributed by atoms with Crippen LogP contribution in [0.15, 0.2) is 28.6 Å². The normalized spacial score (nSPS) is 11.8. The number of hydrogen-bond donors (Lipinski definition) is 3. The van der Waals surface area contributed by atoms with Crippen molar-refractivity contribution >= 4 is 45.9 Å². The number of aromatic nitrogens is 2. The fraction of sp³-hybridized carbons (Fsp3) is 0.375. The van der Waals surface area contributed by atoms with Crippen LogP contribution >= 0.6 is 23.1 Å². The van der Waals surface area contributed by atoms with Crippen molar-refractivity contribution in [1.82, 2.24) is 15.5 Å². The van der Waals surface area contributed by atoms with E-state index < -0.39 is 17.2 Å². The molecule has 26 heavy (non-hydrogen) atoms. The summed E-state index contributed by atoms with van der Waals surface area (Å²) in [6.07, 6.45) is 0. The van der Waals surface area contributed by atoms with Crippen LogP contribution in [0, 0.1) is 5.92 Å². The Morgan fingerprint density at radius 3 is 2.69 bits per heavy atom. The number of urea groups is 1. The van der Waals surface area contributed by atoms with Gasteiger partial charge in [0.1, 0.15) is 5.75 Å². The van der Waals surface area contributed by atoms with Gasteiger partial charge in [0.15, 0.2) is 4.34 Å². The number of para-hydroxylation sites is 2. The molecule has 1 heterocycles. The van der Waals surface area contributed by atoms with Gasteiger partial charge in [-0.1, -0.05) is 49.1 Å². The van der Waals surface area contributed by atoms with Crippen molar-refractivity contribution in [3.8, 4) is 5.75 Å². The number of imide groups is 1. The van der Waals surface area contributed by atoms with Gasteiger partial charge >= 0.3 is 6.03 Å². The second-order valence-electron chi connectivity index (χ2n) is 5.56. The van der Waals surface area contributed by atoms with Gasteiger partial charge in [-0.25, -0.2) is 4.79 Å². The van der Waals surface area contributed by atoms with E-state index in [2.05, 4.69) is 20.8 Å². The molecular weight excluding hydrogens is 374 g/mol. The van der Waals surface area contributed by atoms with Crippen LogP contribution in [0.4, 0.5) is 15.6 Å². The predicted octanol–water partition coefficient (Wildman–Crippen LogP) is 2.99. The van der Waals surface area contributed by atoms with Crippen LogP contribution in [0.25, 0.3) is 0 Å². The van der Waals surface area contributed by atoms with Crippen molar-refractivity contribution in [3.63, 3.8) is 0 Å². The lowest BCUT2D eigenvalue weighted by Gasteiger charge is -2.16. The quantitative estimate of drug-likeness (QED) is 0.588. The first-order valence-corrected chi connectivity index (χ1v) is 9.69. The molecule has 0 radical (unpaired) electrons. The molecule has 10 heteroatoms.